The summed E-state index contributed by atoms with van der Waals surface area (Å²) < 4.78 is 53.4. The molecule has 0 N–H and O–H groups in total. The van der Waals surface area contributed by atoms with E-state index in [-0.39, 0.29) is 52.7 Å². The second kappa shape index (κ2) is 9.55. The number of rotatable bonds is 5. The predicted octanol–water partition coefficient (Wildman–Crippen LogP) is -0.436. The number of hydrogen-bond acceptors (Lipinski definition) is 4. The molecule has 150 valence electrons. The number of fused-ring (bicyclic) bond motifs is 1. The molecule has 0 atom stereocenters. The first kappa shape index (κ1) is 23.8. The van der Waals surface area contributed by atoms with Crippen LogP contribution < -0.4 is 40.2 Å². The molecule has 1 aromatic heterocycles. The van der Waals surface area contributed by atoms with Crippen LogP contribution >= 0.6 is 0 Å². The first-order valence-corrected chi connectivity index (χ1v) is 8.39. The maximum atomic E-state index is 14.1. The summed E-state index contributed by atoms with van der Waals surface area (Å²) in [4.78, 5) is 23.5. The van der Waals surface area contributed by atoms with E-state index >= 15 is 0 Å². The van der Waals surface area contributed by atoms with Gasteiger partial charge in [-0.05, 0) is 12.1 Å². The zero-order valence-electron chi connectivity index (χ0n) is 15.7. The Hall–Kier alpha value is -2.49. The van der Waals surface area contributed by atoms with Crippen molar-refractivity contribution in [1.82, 2.24) is 9.78 Å². The number of aromatic nitrogens is 2. The van der Waals surface area contributed by atoms with E-state index in [2.05, 4.69) is 5.10 Å². The summed E-state index contributed by atoms with van der Waals surface area (Å²) in [5.41, 5.74) is -2.10. The van der Waals surface area contributed by atoms with Crippen molar-refractivity contribution in [2.24, 2.45) is 0 Å². The minimum atomic E-state index is -4.83. The predicted molar refractivity (Wildman–Crippen MR) is 95.1 cm³/mol. The van der Waals surface area contributed by atoms with E-state index in [0.29, 0.717) is 11.5 Å². The largest absolute Gasteiger partial charge is 1.00 e. The van der Waals surface area contributed by atoms with Crippen molar-refractivity contribution in [3.63, 3.8) is 0 Å². The number of benzene rings is 2. The van der Waals surface area contributed by atoms with Gasteiger partial charge in [0.2, 0.25) is 0 Å². The number of carboxylic acid groups (broad SMARTS) is 1. The number of nitrogens with zero attached hydrogens (tertiary/aromatic N) is 2. The Bertz CT molecular complexity index is 1170. The maximum Gasteiger partial charge on any atom is 1.00 e. The van der Waals surface area contributed by atoms with Crippen molar-refractivity contribution in [2.45, 2.75) is 19.1 Å². The molecule has 0 saturated heterocycles. The molecule has 0 radical (unpaired) electrons. The number of carbonyl (C=O) groups is 1. The molecule has 0 bridgehead atoms. The summed E-state index contributed by atoms with van der Waals surface area (Å²) in [5.74, 6) is -2.80. The quantitative estimate of drug-likeness (QED) is 0.408. The fraction of sp³-hybridized carbons (Fsp3) is 0.150. The zero-order chi connectivity index (χ0) is 21.2. The normalized spacial score (nSPS) is 11.6. The number of halogens is 4. The van der Waals surface area contributed by atoms with Gasteiger partial charge >= 0.3 is 35.7 Å². The summed E-state index contributed by atoms with van der Waals surface area (Å²) in [6, 6.07) is 9.16. The molecule has 0 fully saturated rings. The van der Waals surface area contributed by atoms with Crippen molar-refractivity contribution in [3.8, 4) is 0 Å². The van der Waals surface area contributed by atoms with E-state index in [9.17, 15) is 32.3 Å². The van der Waals surface area contributed by atoms with E-state index in [1.165, 1.54) is 18.2 Å². The Morgan fingerprint density at radius 1 is 1.10 bits per heavy atom. The second-order valence-electron chi connectivity index (χ2n) is 6.14. The van der Waals surface area contributed by atoms with E-state index in [0.717, 1.165) is 16.8 Å². The van der Waals surface area contributed by atoms with Crippen LogP contribution in [0.15, 0.2) is 53.3 Å². The van der Waals surface area contributed by atoms with Crippen molar-refractivity contribution in [2.75, 3.05) is 0 Å². The number of alkyl halides is 3. The minimum Gasteiger partial charge on any atom is -0.550 e. The summed E-state index contributed by atoms with van der Waals surface area (Å²) in [5, 5.41) is 15.6. The average Bonchev–Trinajstić information content (AvgIpc) is 2.65. The van der Waals surface area contributed by atoms with Gasteiger partial charge in [0.05, 0.1) is 23.2 Å². The average molecular weight is 428 g/mol. The van der Waals surface area contributed by atoms with E-state index in [1.807, 2.05) is 0 Å². The Morgan fingerprint density at radius 2 is 1.77 bits per heavy atom. The van der Waals surface area contributed by atoms with Gasteiger partial charge < -0.3 is 9.90 Å². The molecule has 0 unspecified atom stereocenters. The Kier molecular flexibility index (Phi) is 7.57. The number of aliphatic carboxylic acids is 1. The standard InChI is InChI=1S/C20H14F4N2O3.Na/c21-18-12(5-3-9-15(18)20(22,23)24)6-4-10-26-19(29)14-8-2-1-7-13(14)16(25-26)11-17(27)28;/h1-9H,10-11H2,(H,27,28);/q;+1/p-1/b6-4+;. The summed E-state index contributed by atoms with van der Waals surface area (Å²) in [7, 11) is 0. The molecule has 10 heteroatoms. The van der Waals surface area contributed by atoms with Crippen LogP contribution in [0, 0.1) is 5.82 Å². The van der Waals surface area contributed by atoms with Gasteiger partial charge in [-0.15, -0.1) is 0 Å². The van der Waals surface area contributed by atoms with Crippen LogP contribution in [0.2, 0.25) is 0 Å². The van der Waals surface area contributed by atoms with Crippen LogP contribution in [0.5, 0.6) is 0 Å². The third kappa shape index (κ3) is 5.16. The number of allylic oxidation sites excluding steroid dienone is 1. The molecule has 1 heterocycles. The molecule has 0 aliphatic carbocycles. The van der Waals surface area contributed by atoms with Gasteiger partial charge in [-0.3, -0.25) is 4.79 Å². The summed E-state index contributed by atoms with van der Waals surface area (Å²) >= 11 is 0. The fourth-order valence-electron chi connectivity index (χ4n) is 2.87. The molecule has 0 spiro atoms. The third-order valence-electron chi connectivity index (χ3n) is 4.17. The second-order valence-corrected chi connectivity index (χ2v) is 6.14. The molecule has 0 saturated carbocycles. The van der Waals surface area contributed by atoms with Crippen LogP contribution in [0.4, 0.5) is 17.6 Å². The van der Waals surface area contributed by atoms with Crippen molar-refractivity contribution < 1.29 is 57.0 Å². The van der Waals surface area contributed by atoms with Crippen molar-refractivity contribution >= 4 is 22.8 Å². The van der Waals surface area contributed by atoms with Crippen LogP contribution in [0.1, 0.15) is 16.8 Å². The molecule has 2 aromatic carbocycles. The van der Waals surface area contributed by atoms with Crippen molar-refractivity contribution in [3.05, 3.63) is 81.5 Å². The topological polar surface area (TPSA) is 75.0 Å². The molecule has 3 rings (SSSR count). The Balaban J connectivity index is 0.00000320. The first-order chi connectivity index (χ1) is 13.7. The van der Waals surface area contributed by atoms with Crippen LogP contribution in [-0.4, -0.2) is 15.7 Å². The van der Waals surface area contributed by atoms with Gasteiger partial charge in [0.25, 0.3) is 5.56 Å². The minimum absolute atomic E-state index is 0. The van der Waals surface area contributed by atoms with Gasteiger partial charge in [0, 0.05) is 23.3 Å². The van der Waals surface area contributed by atoms with E-state index < -0.39 is 35.5 Å². The van der Waals surface area contributed by atoms with Gasteiger partial charge in [-0.2, -0.15) is 18.3 Å². The molecule has 0 aliphatic heterocycles. The van der Waals surface area contributed by atoms with E-state index in [1.54, 1.807) is 18.2 Å². The number of carbonyl (C=O) groups excluding carboxylic acids is 1. The fourth-order valence-corrected chi connectivity index (χ4v) is 2.87. The molecule has 5 nitrogen and oxygen atoms in total. The van der Waals surface area contributed by atoms with Crippen LogP contribution in [-0.2, 0) is 23.9 Å². The molecule has 30 heavy (non-hydrogen) atoms. The number of hydrogen-bond donors (Lipinski definition) is 0. The SMILES string of the molecule is O=C([O-])Cc1nn(C/C=C/c2cccc(C(F)(F)F)c2F)c(=O)c2ccccc12.[Na+]. The van der Waals surface area contributed by atoms with Gasteiger partial charge in [-0.25, -0.2) is 9.07 Å². The zero-order valence-corrected chi connectivity index (χ0v) is 17.7. The molecule has 0 aliphatic rings. The molecule has 0 amide bonds. The van der Waals surface area contributed by atoms with Gasteiger partial charge in [0.15, 0.2) is 0 Å². The van der Waals surface area contributed by atoms with Gasteiger partial charge in [0.1, 0.15) is 5.82 Å². The third-order valence-corrected chi connectivity index (χ3v) is 4.17. The number of carboxylic acids is 1. The molecular weight excluding hydrogens is 415 g/mol. The van der Waals surface area contributed by atoms with Gasteiger partial charge in [-0.1, -0.05) is 42.5 Å². The smallest absolute Gasteiger partial charge is 0.550 e. The van der Waals surface area contributed by atoms with Crippen molar-refractivity contribution in [1.29, 1.82) is 0 Å². The van der Waals surface area contributed by atoms with Crippen LogP contribution in [0.25, 0.3) is 16.8 Å². The Morgan fingerprint density at radius 3 is 2.40 bits per heavy atom. The monoisotopic (exact) mass is 428 g/mol. The molecular formula is C20H13F4N2NaO3. The molecule has 3 aromatic rings. The first-order valence-electron chi connectivity index (χ1n) is 8.39. The maximum absolute atomic E-state index is 14.1. The summed E-state index contributed by atoms with van der Waals surface area (Å²) in [6.07, 6.45) is -2.98. The van der Waals surface area contributed by atoms with E-state index in [4.69, 9.17) is 0 Å². The Labute approximate surface area is 189 Å². The van der Waals surface area contributed by atoms with Crippen LogP contribution in [0.3, 0.4) is 0 Å². The summed E-state index contributed by atoms with van der Waals surface area (Å²) in [6.45, 7) is -0.195.